The highest BCUT2D eigenvalue weighted by atomic mass is 79.9. The van der Waals surface area contributed by atoms with Crippen LogP contribution in [0.15, 0.2) is 28.7 Å². The summed E-state index contributed by atoms with van der Waals surface area (Å²) in [5.74, 6) is 0.655. The number of hydrogen-bond acceptors (Lipinski definition) is 2. The number of benzene rings is 1. The molecule has 98 valence electrons. The molecule has 3 atom stereocenters. The highest BCUT2D eigenvalue weighted by Gasteiger charge is 2.30. The number of halogens is 1. The normalized spacial score (nSPS) is 24.8. The second-order valence-corrected chi connectivity index (χ2v) is 5.85. The zero-order valence-corrected chi connectivity index (χ0v) is 12.3. The van der Waals surface area contributed by atoms with Crippen LogP contribution in [0.1, 0.15) is 25.5 Å². The molecular weight excluding hydrogens is 292 g/mol. The second-order valence-electron chi connectivity index (χ2n) is 4.99. The van der Waals surface area contributed by atoms with E-state index in [0.717, 1.165) is 23.1 Å². The smallest absolute Gasteiger partial charge is 0.225 e. The van der Waals surface area contributed by atoms with Crippen LogP contribution >= 0.6 is 15.9 Å². The average Bonchev–Trinajstić information content (AvgIpc) is 2.76. The molecule has 0 radical (unpaired) electrons. The average molecular weight is 311 g/mol. The SMILES string of the molecule is C[C@H](NC(=O)[C@@H]1CNC[C@H]1C)c1ccccc1Br. The molecule has 0 unspecified atom stereocenters. The van der Waals surface area contributed by atoms with Gasteiger partial charge in [-0.25, -0.2) is 0 Å². The van der Waals surface area contributed by atoms with Gasteiger partial charge in [0.15, 0.2) is 0 Å². The largest absolute Gasteiger partial charge is 0.349 e. The molecule has 0 aromatic heterocycles. The molecule has 0 saturated carbocycles. The Bertz CT molecular complexity index is 436. The lowest BCUT2D eigenvalue weighted by atomic mass is 9.96. The molecule has 1 saturated heterocycles. The van der Waals surface area contributed by atoms with Crippen LogP contribution in [0.4, 0.5) is 0 Å². The van der Waals surface area contributed by atoms with Gasteiger partial charge >= 0.3 is 0 Å². The predicted octanol–water partition coefficient (Wildman–Crippen LogP) is 2.48. The number of carbonyl (C=O) groups is 1. The van der Waals surface area contributed by atoms with Crippen molar-refractivity contribution in [3.05, 3.63) is 34.3 Å². The summed E-state index contributed by atoms with van der Waals surface area (Å²) in [6.45, 7) is 5.86. The van der Waals surface area contributed by atoms with Crippen molar-refractivity contribution < 1.29 is 4.79 Å². The Hall–Kier alpha value is -0.870. The third-order valence-electron chi connectivity index (χ3n) is 3.58. The maximum absolute atomic E-state index is 12.2. The standard InChI is InChI=1S/C14H19BrN2O/c1-9-7-16-8-12(9)14(18)17-10(2)11-5-3-4-6-13(11)15/h3-6,9-10,12,16H,7-8H2,1-2H3,(H,17,18)/t9-,10+,12-/m1/s1. The minimum atomic E-state index is 0.0286. The van der Waals surface area contributed by atoms with Crippen molar-refractivity contribution in [3.63, 3.8) is 0 Å². The summed E-state index contributed by atoms with van der Waals surface area (Å²) >= 11 is 3.52. The highest BCUT2D eigenvalue weighted by Crippen LogP contribution is 2.24. The van der Waals surface area contributed by atoms with Gasteiger partial charge in [-0.3, -0.25) is 4.79 Å². The number of hydrogen-bond donors (Lipinski definition) is 2. The Morgan fingerprint density at radius 2 is 2.17 bits per heavy atom. The fourth-order valence-electron chi connectivity index (χ4n) is 2.39. The van der Waals surface area contributed by atoms with Crippen molar-refractivity contribution >= 4 is 21.8 Å². The maximum atomic E-state index is 12.2. The summed E-state index contributed by atoms with van der Waals surface area (Å²) < 4.78 is 1.04. The molecule has 4 heteroatoms. The Morgan fingerprint density at radius 1 is 1.44 bits per heavy atom. The van der Waals surface area contributed by atoms with Crippen molar-refractivity contribution in [1.82, 2.24) is 10.6 Å². The first-order valence-electron chi connectivity index (χ1n) is 6.35. The molecule has 1 aliphatic rings. The first-order chi connectivity index (χ1) is 8.59. The minimum absolute atomic E-state index is 0.0286. The maximum Gasteiger partial charge on any atom is 0.225 e. The monoisotopic (exact) mass is 310 g/mol. The lowest BCUT2D eigenvalue weighted by Crippen LogP contribution is -2.36. The van der Waals surface area contributed by atoms with Crippen molar-refractivity contribution in [1.29, 1.82) is 0 Å². The molecule has 3 nitrogen and oxygen atoms in total. The Kier molecular flexibility index (Phi) is 4.40. The molecule has 1 fully saturated rings. The van der Waals surface area contributed by atoms with E-state index in [1.165, 1.54) is 0 Å². The van der Waals surface area contributed by atoms with Gasteiger partial charge in [-0.05, 0) is 31.0 Å². The van der Waals surface area contributed by atoms with Gasteiger partial charge in [0.2, 0.25) is 5.91 Å². The van der Waals surface area contributed by atoms with Crippen LogP contribution in [-0.4, -0.2) is 19.0 Å². The van der Waals surface area contributed by atoms with Gasteiger partial charge in [-0.2, -0.15) is 0 Å². The number of nitrogens with one attached hydrogen (secondary N) is 2. The van der Waals surface area contributed by atoms with Gasteiger partial charge in [0.05, 0.1) is 12.0 Å². The van der Waals surface area contributed by atoms with Crippen LogP contribution in [0.25, 0.3) is 0 Å². The molecule has 1 aromatic rings. The van der Waals surface area contributed by atoms with E-state index in [4.69, 9.17) is 0 Å². The van der Waals surface area contributed by atoms with Gasteiger partial charge in [0, 0.05) is 11.0 Å². The summed E-state index contributed by atoms with van der Waals surface area (Å²) in [7, 11) is 0. The van der Waals surface area contributed by atoms with E-state index in [2.05, 4.69) is 33.5 Å². The van der Waals surface area contributed by atoms with Crippen molar-refractivity contribution in [2.24, 2.45) is 11.8 Å². The Morgan fingerprint density at radius 3 is 2.78 bits per heavy atom. The van der Waals surface area contributed by atoms with Crippen LogP contribution in [-0.2, 0) is 4.79 Å². The number of amides is 1. The first kappa shape index (κ1) is 13.6. The highest BCUT2D eigenvalue weighted by molar-refractivity contribution is 9.10. The molecule has 0 bridgehead atoms. The quantitative estimate of drug-likeness (QED) is 0.900. The third kappa shape index (κ3) is 2.93. The second kappa shape index (κ2) is 5.85. The van der Waals surface area contributed by atoms with Crippen molar-refractivity contribution in [2.45, 2.75) is 19.9 Å². The van der Waals surface area contributed by atoms with Crippen LogP contribution in [0.2, 0.25) is 0 Å². The van der Waals surface area contributed by atoms with E-state index in [0.29, 0.717) is 5.92 Å². The summed E-state index contributed by atoms with van der Waals surface area (Å²) in [6, 6.07) is 8.03. The molecule has 1 heterocycles. The van der Waals surface area contributed by atoms with E-state index in [1.807, 2.05) is 31.2 Å². The zero-order valence-electron chi connectivity index (χ0n) is 10.7. The van der Waals surface area contributed by atoms with Crippen LogP contribution in [0.5, 0.6) is 0 Å². The van der Waals surface area contributed by atoms with Gasteiger partial charge in [-0.15, -0.1) is 0 Å². The summed E-state index contributed by atoms with van der Waals surface area (Å²) in [6.07, 6.45) is 0. The molecule has 2 rings (SSSR count). The van der Waals surface area contributed by atoms with E-state index in [1.54, 1.807) is 0 Å². The molecule has 1 aromatic carbocycles. The van der Waals surface area contributed by atoms with Crippen LogP contribution in [0.3, 0.4) is 0 Å². The van der Waals surface area contributed by atoms with Gasteiger partial charge < -0.3 is 10.6 Å². The molecule has 2 N–H and O–H groups in total. The molecule has 0 spiro atoms. The number of carbonyl (C=O) groups excluding carboxylic acids is 1. The molecule has 0 aliphatic carbocycles. The van der Waals surface area contributed by atoms with Crippen molar-refractivity contribution in [3.8, 4) is 0 Å². The van der Waals surface area contributed by atoms with Crippen LogP contribution < -0.4 is 10.6 Å². The zero-order chi connectivity index (χ0) is 13.1. The predicted molar refractivity (Wildman–Crippen MR) is 76.2 cm³/mol. The van der Waals surface area contributed by atoms with Gasteiger partial charge in [-0.1, -0.05) is 41.1 Å². The number of rotatable bonds is 3. The summed E-state index contributed by atoms with van der Waals surface area (Å²) in [4.78, 5) is 12.2. The Labute approximate surface area is 116 Å². The fraction of sp³-hybridized carbons (Fsp3) is 0.500. The first-order valence-corrected chi connectivity index (χ1v) is 7.14. The van der Waals surface area contributed by atoms with E-state index >= 15 is 0 Å². The minimum Gasteiger partial charge on any atom is -0.349 e. The molecule has 18 heavy (non-hydrogen) atoms. The topological polar surface area (TPSA) is 41.1 Å². The lowest BCUT2D eigenvalue weighted by molar-refractivity contribution is -0.126. The lowest BCUT2D eigenvalue weighted by Gasteiger charge is -2.20. The molecule has 1 aliphatic heterocycles. The van der Waals surface area contributed by atoms with Crippen molar-refractivity contribution in [2.75, 3.05) is 13.1 Å². The summed E-state index contributed by atoms with van der Waals surface area (Å²) in [5.41, 5.74) is 1.12. The van der Waals surface area contributed by atoms with Gasteiger partial charge in [0.1, 0.15) is 0 Å². The Balaban J connectivity index is 2.01. The third-order valence-corrected chi connectivity index (χ3v) is 4.31. The van der Waals surface area contributed by atoms with Crippen LogP contribution in [0, 0.1) is 11.8 Å². The van der Waals surface area contributed by atoms with E-state index < -0.39 is 0 Å². The van der Waals surface area contributed by atoms with E-state index in [9.17, 15) is 4.79 Å². The summed E-state index contributed by atoms with van der Waals surface area (Å²) in [5, 5.41) is 6.36. The molecular formula is C14H19BrN2O. The van der Waals surface area contributed by atoms with E-state index in [-0.39, 0.29) is 17.9 Å². The fourth-order valence-corrected chi connectivity index (χ4v) is 3.01. The molecule has 1 amide bonds. The van der Waals surface area contributed by atoms with Gasteiger partial charge in [0.25, 0.3) is 0 Å².